The highest BCUT2D eigenvalue weighted by Crippen LogP contribution is 2.25. The van der Waals surface area contributed by atoms with Gasteiger partial charge < -0.3 is 10.1 Å². The Hall–Kier alpha value is -2.80. The molecule has 0 spiro atoms. The molecule has 0 aliphatic carbocycles. The highest BCUT2D eigenvalue weighted by atomic mass is 32.2. The number of aryl methyl sites for hydroxylation is 1. The summed E-state index contributed by atoms with van der Waals surface area (Å²) in [6, 6.07) is 15.4. The van der Waals surface area contributed by atoms with Crippen LogP contribution in [0.3, 0.4) is 0 Å². The number of nitrogens with zero attached hydrogens (tertiary/aromatic N) is 3. The largest absolute Gasteiger partial charge is 0.495 e. The summed E-state index contributed by atoms with van der Waals surface area (Å²) < 4.78 is 6.95. The van der Waals surface area contributed by atoms with Crippen LogP contribution < -0.4 is 10.1 Å². The van der Waals surface area contributed by atoms with Gasteiger partial charge in [-0.3, -0.25) is 4.79 Å². The van der Waals surface area contributed by atoms with Crippen LogP contribution in [-0.4, -0.2) is 33.5 Å². The maximum atomic E-state index is 12.2. The number of anilines is 1. The number of carbonyl (C=O) groups excluding carboxylic acids is 1. The van der Waals surface area contributed by atoms with Gasteiger partial charge >= 0.3 is 0 Å². The summed E-state index contributed by atoms with van der Waals surface area (Å²) in [6.07, 6.45) is 1.64. The molecule has 3 aromatic rings. The second-order valence-corrected chi connectivity index (χ2v) is 6.29. The minimum Gasteiger partial charge on any atom is -0.495 e. The molecule has 1 aromatic heterocycles. The smallest absolute Gasteiger partial charge is 0.234 e. The third kappa shape index (κ3) is 4.39. The fourth-order valence-corrected chi connectivity index (χ4v) is 2.85. The van der Waals surface area contributed by atoms with E-state index in [2.05, 4.69) is 15.4 Å². The van der Waals surface area contributed by atoms with E-state index in [0.717, 1.165) is 11.3 Å². The Labute approximate surface area is 150 Å². The normalized spacial score (nSPS) is 10.5. The number of para-hydroxylation sites is 1. The highest BCUT2D eigenvalue weighted by Gasteiger charge is 2.10. The Balaban J connectivity index is 1.60. The maximum absolute atomic E-state index is 12.2. The molecule has 0 saturated heterocycles. The van der Waals surface area contributed by atoms with Crippen molar-refractivity contribution in [1.29, 1.82) is 0 Å². The number of hydrogen-bond donors (Lipinski definition) is 1. The fourth-order valence-electron chi connectivity index (χ4n) is 2.26. The molecule has 25 heavy (non-hydrogen) atoms. The summed E-state index contributed by atoms with van der Waals surface area (Å²) in [5, 5.41) is 7.79. The summed E-state index contributed by atoms with van der Waals surface area (Å²) in [5.41, 5.74) is 2.64. The molecule has 0 bridgehead atoms. The lowest BCUT2D eigenvalue weighted by molar-refractivity contribution is -0.113. The van der Waals surface area contributed by atoms with Crippen LogP contribution >= 0.6 is 11.8 Å². The first-order valence-corrected chi connectivity index (χ1v) is 8.68. The van der Waals surface area contributed by atoms with Gasteiger partial charge in [0.1, 0.15) is 12.1 Å². The monoisotopic (exact) mass is 354 g/mol. The van der Waals surface area contributed by atoms with Crippen molar-refractivity contribution in [1.82, 2.24) is 14.8 Å². The number of methoxy groups -OCH3 is 1. The second kappa shape index (κ2) is 7.85. The lowest BCUT2D eigenvalue weighted by atomic mass is 10.2. The van der Waals surface area contributed by atoms with Crippen molar-refractivity contribution in [2.24, 2.45) is 0 Å². The molecule has 0 unspecified atom stereocenters. The molecule has 0 atom stereocenters. The van der Waals surface area contributed by atoms with Gasteiger partial charge in [-0.2, -0.15) is 0 Å². The third-order valence-electron chi connectivity index (χ3n) is 3.45. The zero-order valence-electron chi connectivity index (χ0n) is 14.0. The molecular weight excluding hydrogens is 336 g/mol. The van der Waals surface area contributed by atoms with Gasteiger partial charge in [-0.05, 0) is 36.8 Å². The topological polar surface area (TPSA) is 69.0 Å². The predicted octanol–water partition coefficient (Wildman–Crippen LogP) is 3.32. The third-order valence-corrected chi connectivity index (χ3v) is 4.30. The molecule has 0 aliphatic heterocycles. The lowest BCUT2D eigenvalue weighted by Crippen LogP contribution is -2.15. The Morgan fingerprint density at radius 1 is 1.24 bits per heavy atom. The number of aromatic nitrogens is 3. The van der Waals surface area contributed by atoms with Crippen LogP contribution in [0.5, 0.6) is 5.75 Å². The molecule has 7 heteroatoms. The first-order valence-electron chi connectivity index (χ1n) is 7.70. The van der Waals surface area contributed by atoms with Gasteiger partial charge in [-0.25, -0.2) is 9.67 Å². The standard InChI is InChI=1S/C18H18N4O2S/c1-13-8-9-16(24-2)15(10-13)20-17(23)11-25-18-19-12-22(21-18)14-6-4-3-5-7-14/h3-10,12H,11H2,1-2H3,(H,20,23). The molecular formula is C18H18N4O2S. The first-order chi connectivity index (χ1) is 12.2. The van der Waals surface area contributed by atoms with Crippen LogP contribution in [-0.2, 0) is 4.79 Å². The molecule has 0 fully saturated rings. The van der Waals surface area contributed by atoms with E-state index in [1.807, 2.05) is 55.5 Å². The number of amides is 1. The minimum absolute atomic E-state index is 0.134. The van der Waals surface area contributed by atoms with E-state index in [4.69, 9.17) is 4.74 Å². The Morgan fingerprint density at radius 3 is 2.80 bits per heavy atom. The van der Waals surface area contributed by atoms with Crippen molar-refractivity contribution in [3.8, 4) is 11.4 Å². The average Bonchev–Trinajstić information content (AvgIpc) is 3.10. The van der Waals surface area contributed by atoms with Crippen LogP contribution in [0.2, 0.25) is 0 Å². The summed E-state index contributed by atoms with van der Waals surface area (Å²) in [7, 11) is 1.58. The Kier molecular flexibility index (Phi) is 5.35. The highest BCUT2D eigenvalue weighted by molar-refractivity contribution is 7.99. The number of carbonyl (C=O) groups is 1. The van der Waals surface area contributed by atoms with Gasteiger partial charge in [-0.15, -0.1) is 5.10 Å². The summed E-state index contributed by atoms with van der Waals surface area (Å²) >= 11 is 1.29. The molecule has 128 valence electrons. The van der Waals surface area contributed by atoms with E-state index in [9.17, 15) is 4.79 Å². The molecule has 0 aliphatic rings. The fraction of sp³-hybridized carbons (Fsp3) is 0.167. The minimum atomic E-state index is -0.134. The molecule has 2 aromatic carbocycles. The van der Waals surface area contributed by atoms with Crippen molar-refractivity contribution in [3.63, 3.8) is 0 Å². The number of benzene rings is 2. The predicted molar refractivity (Wildman–Crippen MR) is 98.4 cm³/mol. The van der Waals surface area contributed by atoms with Crippen LogP contribution in [0, 0.1) is 6.92 Å². The summed E-state index contributed by atoms with van der Waals surface area (Å²) in [4.78, 5) is 16.4. The van der Waals surface area contributed by atoms with E-state index in [1.165, 1.54) is 11.8 Å². The van der Waals surface area contributed by atoms with Gasteiger partial charge in [0, 0.05) is 0 Å². The SMILES string of the molecule is COc1ccc(C)cc1NC(=O)CSc1ncn(-c2ccccc2)n1. The van der Waals surface area contributed by atoms with Gasteiger partial charge in [0.25, 0.3) is 0 Å². The number of nitrogens with one attached hydrogen (secondary N) is 1. The summed E-state index contributed by atoms with van der Waals surface area (Å²) in [6.45, 7) is 1.96. The van der Waals surface area contributed by atoms with Crippen LogP contribution in [0.25, 0.3) is 5.69 Å². The van der Waals surface area contributed by atoms with Gasteiger partial charge in [0.15, 0.2) is 0 Å². The van der Waals surface area contributed by atoms with Crippen molar-refractivity contribution in [3.05, 3.63) is 60.4 Å². The maximum Gasteiger partial charge on any atom is 0.234 e. The Morgan fingerprint density at radius 2 is 2.04 bits per heavy atom. The van der Waals surface area contributed by atoms with E-state index in [0.29, 0.717) is 16.6 Å². The zero-order valence-corrected chi connectivity index (χ0v) is 14.8. The molecule has 6 nitrogen and oxygen atoms in total. The molecule has 1 amide bonds. The second-order valence-electron chi connectivity index (χ2n) is 5.35. The van der Waals surface area contributed by atoms with Gasteiger partial charge in [-0.1, -0.05) is 36.0 Å². The van der Waals surface area contributed by atoms with E-state index in [-0.39, 0.29) is 11.7 Å². The average molecular weight is 354 g/mol. The molecule has 3 rings (SSSR count). The molecule has 0 radical (unpaired) electrons. The quantitative estimate of drug-likeness (QED) is 0.688. The van der Waals surface area contributed by atoms with E-state index >= 15 is 0 Å². The van der Waals surface area contributed by atoms with E-state index < -0.39 is 0 Å². The number of thioether (sulfide) groups is 1. The first kappa shape index (κ1) is 17.0. The van der Waals surface area contributed by atoms with Gasteiger partial charge in [0.2, 0.25) is 11.1 Å². The number of rotatable bonds is 6. The molecule has 0 saturated carbocycles. The number of hydrogen-bond acceptors (Lipinski definition) is 5. The van der Waals surface area contributed by atoms with Gasteiger partial charge in [0.05, 0.1) is 24.2 Å². The zero-order chi connectivity index (χ0) is 17.6. The van der Waals surface area contributed by atoms with Crippen molar-refractivity contribution >= 4 is 23.4 Å². The summed E-state index contributed by atoms with van der Waals surface area (Å²) in [5.74, 6) is 0.719. The van der Waals surface area contributed by atoms with Crippen LogP contribution in [0.1, 0.15) is 5.56 Å². The van der Waals surface area contributed by atoms with E-state index in [1.54, 1.807) is 18.1 Å². The van der Waals surface area contributed by atoms with Crippen LogP contribution in [0.4, 0.5) is 5.69 Å². The van der Waals surface area contributed by atoms with Crippen molar-refractivity contribution in [2.75, 3.05) is 18.2 Å². The number of ether oxygens (including phenoxy) is 1. The lowest BCUT2D eigenvalue weighted by Gasteiger charge is -2.10. The Bertz CT molecular complexity index is 865. The van der Waals surface area contributed by atoms with Crippen molar-refractivity contribution < 1.29 is 9.53 Å². The van der Waals surface area contributed by atoms with Crippen molar-refractivity contribution in [2.45, 2.75) is 12.1 Å². The molecule has 1 heterocycles. The van der Waals surface area contributed by atoms with Crippen LogP contribution in [0.15, 0.2) is 60.0 Å². The molecule has 1 N–H and O–H groups in total.